The summed E-state index contributed by atoms with van der Waals surface area (Å²) in [6, 6.07) is 5.78. The van der Waals surface area contributed by atoms with E-state index in [0.29, 0.717) is 21.9 Å². The van der Waals surface area contributed by atoms with Crippen LogP contribution in [0.3, 0.4) is 0 Å². The molecule has 0 radical (unpaired) electrons. The number of carbonyl (C=O) groups excluding carboxylic acids is 3. The van der Waals surface area contributed by atoms with Gasteiger partial charge in [-0.25, -0.2) is 4.79 Å². The van der Waals surface area contributed by atoms with Crippen molar-refractivity contribution < 1.29 is 14.4 Å². The van der Waals surface area contributed by atoms with Crippen molar-refractivity contribution in [2.45, 2.75) is 57.2 Å². The van der Waals surface area contributed by atoms with Gasteiger partial charge in [-0.3, -0.25) is 14.5 Å². The first-order valence-corrected chi connectivity index (χ1v) is 10.9. The maximum atomic E-state index is 13.4. The number of halogens is 1. The van der Waals surface area contributed by atoms with Gasteiger partial charge in [0.15, 0.2) is 0 Å². The topological polar surface area (TPSA) is 81.8 Å². The van der Waals surface area contributed by atoms with E-state index in [2.05, 4.69) is 10.6 Å². The van der Waals surface area contributed by atoms with E-state index >= 15 is 0 Å². The highest BCUT2D eigenvalue weighted by Crippen LogP contribution is 2.38. The minimum Gasteiger partial charge on any atom is -0.352 e. The van der Waals surface area contributed by atoms with Crippen molar-refractivity contribution in [3.05, 3.63) is 46.1 Å². The summed E-state index contributed by atoms with van der Waals surface area (Å²) in [6.07, 6.45) is 5.42. The van der Waals surface area contributed by atoms with Crippen LogP contribution in [0.4, 0.5) is 4.79 Å². The molecule has 1 fully saturated rings. The smallest absolute Gasteiger partial charge is 0.322 e. The number of benzene rings is 1. The van der Waals surface area contributed by atoms with Gasteiger partial charge in [0.1, 0.15) is 6.04 Å². The third-order valence-corrected chi connectivity index (χ3v) is 6.75. The molecule has 1 aliphatic carbocycles. The molecule has 2 aliphatic heterocycles. The third kappa shape index (κ3) is 3.67. The number of hydrogen-bond donors (Lipinski definition) is 2. The molecule has 0 saturated heterocycles. The fraction of sp³-hybridized carbons (Fsp3) is 0.500. The lowest BCUT2D eigenvalue weighted by atomic mass is 9.95. The second-order valence-electron chi connectivity index (χ2n) is 8.28. The monoisotopic (exact) mass is 430 g/mol. The molecule has 1 saturated carbocycles. The molecule has 7 nitrogen and oxygen atoms in total. The Kier molecular flexibility index (Phi) is 5.73. The van der Waals surface area contributed by atoms with E-state index < -0.39 is 12.1 Å². The molecule has 30 heavy (non-hydrogen) atoms. The zero-order valence-electron chi connectivity index (χ0n) is 17.3. The van der Waals surface area contributed by atoms with Crippen LogP contribution in [0.2, 0.25) is 5.02 Å². The van der Waals surface area contributed by atoms with E-state index in [1.54, 1.807) is 37.1 Å². The highest BCUT2D eigenvalue weighted by atomic mass is 35.5. The van der Waals surface area contributed by atoms with Crippen LogP contribution in [-0.2, 0) is 9.59 Å². The Morgan fingerprint density at radius 3 is 2.60 bits per heavy atom. The molecule has 8 heteroatoms. The maximum Gasteiger partial charge on any atom is 0.322 e. The van der Waals surface area contributed by atoms with Crippen molar-refractivity contribution in [1.29, 1.82) is 0 Å². The molecule has 0 unspecified atom stereocenters. The quantitative estimate of drug-likeness (QED) is 0.770. The molecule has 0 aromatic heterocycles. The largest absolute Gasteiger partial charge is 0.352 e. The molecule has 160 valence electrons. The summed E-state index contributed by atoms with van der Waals surface area (Å²) < 4.78 is 0. The first kappa shape index (κ1) is 20.7. The van der Waals surface area contributed by atoms with Gasteiger partial charge in [-0.05, 0) is 31.4 Å². The summed E-state index contributed by atoms with van der Waals surface area (Å²) in [4.78, 5) is 41.8. The van der Waals surface area contributed by atoms with E-state index in [1.807, 2.05) is 6.07 Å². The molecular formula is C22H27ClN4O3. The van der Waals surface area contributed by atoms with Crippen molar-refractivity contribution in [2.75, 3.05) is 13.6 Å². The molecule has 4 rings (SSSR count). The van der Waals surface area contributed by atoms with E-state index in [1.165, 1.54) is 11.3 Å². The second kappa shape index (κ2) is 8.30. The fourth-order valence-electron chi connectivity index (χ4n) is 4.55. The molecule has 3 aliphatic rings. The lowest BCUT2D eigenvalue weighted by Crippen LogP contribution is -2.50. The number of hydrogen-bond acceptors (Lipinski definition) is 3. The van der Waals surface area contributed by atoms with Gasteiger partial charge in [0.05, 0.1) is 23.9 Å². The molecule has 2 atom stereocenters. The number of likely N-dealkylation sites (N-methyl/N-ethyl adjacent to an activating group) is 1. The summed E-state index contributed by atoms with van der Waals surface area (Å²) in [7, 11) is 1.64. The van der Waals surface area contributed by atoms with E-state index in [9.17, 15) is 14.4 Å². The summed E-state index contributed by atoms with van der Waals surface area (Å²) in [5.41, 5.74) is 1.76. The number of amides is 4. The Labute approximate surface area is 181 Å². The number of rotatable bonds is 4. The Bertz CT molecular complexity index is 909. The predicted molar refractivity (Wildman–Crippen MR) is 114 cm³/mol. The normalized spacial score (nSPS) is 23.4. The predicted octanol–water partition coefficient (Wildman–Crippen LogP) is 2.97. The van der Waals surface area contributed by atoms with Gasteiger partial charge >= 0.3 is 6.03 Å². The summed E-state index contributed by atoms with van der Waals surface area (Å²) in [6.45, 7) is 1.96. The lowest BCUT2D eigenvalue weighted by molar-refractivity contribution is -0.136. The Balaban J connectivity index is 1.57. The SMILES string of the molecule is C[C@H](C(=O)NC1CCCCC1)N1CC2=C(C1=O)[C@H](c1ccccc1Cl)NC(=O)N2C. The molecular weight excluding hydrogens is 404 g/mol. The first-order chi connectivity index (χ1) is 14.4. The van der Waals surface area contributed by atoms with Crippen LogP contribution >= 0.6 is 11.6 Å². The average Bonchev–Trinajstić information content (AvgIpc) is 3.09. The van der Waals surface area contributed by atoms with Crippen LogP contribution in [0, 0.1) is 0 Å². The fourth-order valence-corrected chi connectivity index (χ4v) is 4.80. The average molecular weight is 431 g/mol. The van der Waals surface area contributed by atoms with Gasteiger partial charge < -0.3 is 15.5 Å². The third-order valence-electron chi connectivity index (χ3n) is 6.40. The number of urea groups is 1. The molecule has 2 N–H and O–H groups in total. The van der Waals surface area contributed by atoms with Gasteiger partial charge in [0.25, 0.3) is 5.91 Å². The minimum atomic E-state index is -0.636. The Hall–Kier alpha value is -2.54. The van der Waals surface area contributed by atoms with Crippen molar-refractivity contribution in [3.8, 4) is 0 Å². The first-order valence-electron chi connectivity index (χ1n) is 10.5. The van der Waals surface area contributed by atoms with Crippen LogP contribution in [-0.4, -0.2) is 53.3 Å². The van der Waals surface area contributed by atoms with Crippen LogP contribution < -0.4 is 10.6 Å². The van der Waals surface area contributed by atoms with Gasteiger partial charge in [0.2, 0.25) is 5.91 Å². The number of nitrogens with one attached hydrogen (secondary N) is 2. The highest BCUT2D eigenvalue weighted by Gasteiger charge is 2.45. The van der Waals surface area contributed by atoms with Gasteiger partial charge in [-0.2, -0.15) is 0 Å². The second-order valence-corrected chi connectivity index (χ2v) is 8.68. The van der Waals surface area contributed by atoms with Crippen LogP contribution in [0.15, 0.2) is 35.5 Å². The molecule has 1 aromatic rings. The summed E-state index contributed by atoms with van der Waals surface area (Å²) in [5, 5.41) is 6.46. The van der Waals surface area contributed by atoms with Gasteiger partial charge in [-0.15, -0.1) is 0 Å². The molecule has 0 bridgehead atoms. The van der Waals surface area contributed by atoms with Crippen LogP contribution in [0.25, 0.3) is 0 Å². The highest BCUT2D eigenvalue weighted by molar-refractivity contribution is 6.31. The van der Waals surface area contributed by atoms with Gasteiger partial charge in [0, 0.05) is 18.1 Å². The van der Waals surface area contributed by atoms with E-state index in [0.717, 1.165) is 25.7 Å². The van der Waals surface area contributed by atoms with Crippen LogP contribution in [0.5, 0.6) is 0 Å². The van der Waals surface area contributed by atoms with Crippen molar-refractivity contribution in [3.63, 3.8) is 0 Å². The zero-order valence-corrected chi connectivity index (χ0v) is 18.0. The number of carbonyl (C=O) groups is 3. The van der Waals surface area contributed by atoms with Crippen molar-refractivity contribution >= 4 is 29.4 Å². The van der Waals surface area contributed by atoms with Gasteiger partial charge in [-0.1, -0.05) is 49.1 Å². The van der Waals surface area contributed by atoms with E-state index in [-0.39, 0.29) is 30.4 Å². The zero-order chi connectivity index (χ0) is 21.4. The molecule has 0 spiro atoms. The standard InChI is InChI=1S/C22H27ClN4O3/c1-13(20(28)24-14-8-4-3-5-9-14)27-12-17-18(21(27)29)19(25-22(30)26(17)2)15-10-6-7-11-16(15)23/h6-7,10-11,13-14,19H,3-5,8-9,12H2,1-2H3,(H,24,28)(H,25,30)/t13-,19+/m1/s1. The Morgan fingerprint density at radius 2 is 1.90 bits per heavy atom. The van der Waals surface area contributed by atoms with Crippen molar-refractivity contribution in [2.24, 2.45) is 0 Å². The maximum absolute atomic E-state index is 13.4. The minimum absolute atomic E-state index is 0.147. The van der Waals surface area contributed by atoms with E-state index in [4.69, 9.17) is 11.6 Å². The van der Waals surface area contributed by atoms with Crippen LogP contribution in [0.1, 0.15) is 50.6 Å². The number of nitrogens with zero attached hydrogens (tertiary/aromatic N) is 2. The lowest BCUT2D eigenvalue weighted by Gasteiger charge is -2.31. The summed E-state index contributed by atoms with van der Waals surface area (Å²) in [5.74, 6) is -0.389. The summed E-state index contributed by atoms with van der Waals surface area (Å²) >= 11 is 6.36. The molecule has 1 aromatic carbocycles. The Morgan fingerprint density at radius 1 is 1.20 bits per heavy atom. The molecule has 4 amide bonds. The molecule has 2 heterocycles. The van der Waals surface area contributed by atoms with Crippen molar-refractivity contribution in [1.82, 2.24) is 20.4 Å².